The molecule has 0 aromatic carbocycles. The van der Waals surface area contributed by atoms with Crippen molar-refractivity contribution >= 4 is 22.9 Å². The van der Waals surface area contributed by atoms with Gasteiger partial charge in [0.1, 0.15) is 10.6 Å². The van der Waals surface area contributed by atoms with Crippen LogP contribution in [0.5, 0.6) is 0 Å². The molecule has 18 heavy (non-hydrogen) atoms. The van der Waals surface area contributed by atoms with E-state index in [0.29, 0.717) is 23.8 Å². The summed E-state index contributed by atoms with van der Waals surface area (Å²) in [4.78, 5) is 4.48. The number of nitrogens with zero attached hydrogens (tertiary/aromatic N) is 1. The molecule has 0 saturated carbocycles. The fourth-order valence-electron chi connectivity index (χ4n) is 1.87. The number of nitrogens with two attached hydrogens (primary N) is 1. The minimum Gasteiger partial charge on any atom is -0.388 e. The van der Waals surface area contributed by atoms with Gasteiger partial charge in [-0.15, -0.1) is 0 Å². The fraction of sp³-hybridized carbons (Fsp3) is 0.500. The van der Waals surface area contributed by atoms with Crippen LogP contribution in [0.3, 0.4) is 0 Å². The SMILES string of the molecule is COC1(CNc2ccc(C(N)=S)nc2)CCOC1. The van der Waals surface area contributed by atoms with E-state index >= 15 is 0 Å². The number of thiocarbonyl (C=S) groups is 1. The van der Waals surface area contributed by atoms with Gasteiger partial charge in [0.15, 0.2) is 0 Å². The van der Waals surface area contributed by atoms with E-state index in [-0.39, 0.29) is 5.60 Å². The summed E-state index contributed by atoms with van der Waals surface area (Å²) < 4.78 is 10.9. The van der Waals surface area contributed by atoms with Crippen LogP contribution in [-0.4, -0.2) is 42.4 Å². The zero-order valence-corrected chi connectivity index (χ0v) is 11.1. The summed E-state index contributed by atoms with van der Waals surface area (Å²) >= 11 is 4.85. The van der Waals surface area contributed by atoms with Crippen LogP contribution in [0, 0.1) is 0 Å². The van der Waals surface area contributed by atoms with Crippen molar-refractivity contribution in [3.63, 3.8) is 0 Å². The van der Waals surface area contributed by atoms with Gasteiger partial charge >= 0.3 is 0 Å². The maximum Gasteiger partial charge on any atom is 0.122 e. The number of nitrogens with one attached hydrogen (secondary N) is 1. The van der Waals surface area contributed by atoms with Crippen LogP contribution >= 0.6 is 12.2 Å². The van der Waals surface area contributed by atoms with Crippen LogP contribution in [0.25, 0.3) is 0 Å². The van der Waals surface area contributed by atoms with Crippen LogP contribution in [0.2, 0.25) is 0 Å². The number of ether oxygens (including phenoxy) is 2. The molecule has 1 fully saturated rings. The Bertz CT molecular complexity index is 416. The van der Waals surface area contributed by atoms with Crippen molar-refractivity contribution in [3.05, 3.63) is 24.0 Å². The first-order valence-electron chi connectivity index (χ1n) is 5.78. The van der Waals surface area contributed by atoms with Crippen molar-refractivity contribution in [2.45, 2.75) is 12.0 Å². The van der Waals surface area contributed by atoms with Gasteiger partial charge in [-0.25, -0.2) is 0 Å². The molecule has 1 aromatic heterocycles. The lowest BCUT2D eigenvalue weighted by Gasteiger charge is -2.26. The number of anilines is 1. The first-order valence-corrected chi connectivity index (χ1v) is 6.19. The Hall–Kier alpha value is -1.24. The number of pyridine rings is 1. The molecule has 0 amide bonds. The standard InChI is InChI=1S/C12H17N3O2S/c1-16-12(4-5-17-8-12)7-15-9-2-3-10(11(13)18)14-6-9/h2-3,6,15H,4-5,7-8H2,1H3,(H2,13,18). The first kappa shape index (κ1) is 13.2. The summed E-state index contributed by atoms with van der Waals surface area (Å²) in [5.74, 6) is 0. The predicted molar refractivity (Wildman–Crippen MR) is 73.8 cm³/mol. The molecule has 1 aliphatic heterocycles. The highest BCUT2D eigenvalue weighted by Gasteiger charge is 2.34. The number of hydrogen-bond donors (Lipinski definition) is 2. The van der Waals surface area contributed by atoms with Gasteiger partial charge in [-0.05, 0) is 12.1 Å². The third-order valence-electron chi connectivity index (χ3n) is 3.13. The van der Waals surface area contributed by atoms with E-state index < -0.39 is 0 Å². The molecule has 0 radical (unpaired) electrons. The Kier molecular flexibility index (Phi) is 4.11. The van der Waals surface area contributed by atoms with Gasteiger partial charge in [0.2, 0.25) is 0 Å². The molecule has 1 aliphatic rings. The average molecular weight is 267 g/mol. The van der Waals surface area contributed by atoms with Crippen LogP contribution < -0.4 is 11.1 Å². The second-order valence-electron chi connectivity index (χ2n) is 4.34. The molecule has 1 aromatic rings. The zero-order chi connectivity index (χ0) is 13.0. The molecule has 0 spiro atoms. The molecule has 1 unspecified atom stereocenters. The largest absolute Gasteiger partial charge is 0.388 e. The number of hydrogen-bond acceptors (Lipinski definition) is 5. The third kappa shape index (κ3) is 2.95. The highest BCUT2D eigenvalue weighted by molar-refractivity contribution is 7.80. The summed E-state index contributed by atoms with van der Waals surface area (Å²) in [6.45, 7) is 2.06. The zero-order valence-electron chi connectivity index (χ0n) is 10.3. The van der Waals surface area contributed by atoms with E-state index in [9.17, 15) is 0 Å². The molecule has 1 saturated heterocycles. The van der Waals surface area contributed by atoms with E-state index in [4.69, 9.17) is 27.4 Å². The average Bonchev–Trinajstić information content (AvgIpc) is 2.86. The summed E-state index contributed by atoms with van der Waals surface area (Å²) in [6.07, 6.45) is 2.61. The van der Waals surface area contributed by atoms with Gasteiger partial charge in [0.05, 0.1) is 24.2 Å². The quantitative estimate of drug-likeness (QED) is 0.774. The first-order chi connectivity index (χ1) is 8.65. The summed E-state index contributed by atoms with van der Waals surface area (Å²) in [6, 6.07) is 3.70. The lowest BCUT2D eigenvalue weighted by molar-refractivity contribution is -0.00620. The van der Waals surface area contributed by atoms with E-state index in [1.807, 2.05) is 6.07 Å². The Labute approximate surface area is 112 Å². The van der Waals surface area contributed by atoms with Crippen molar-refractivity contribution in [2.75, 3.05) is 32.2 Å². The third-order valence-corrected chi connectivity index (χ3v) is 3.34. The fourth-order valence-corrected chi connectivity index (χ4v) is 1.99. The topological polar surface area (TPSA) is 69.4 Å². The Morgan fingerprint density at radius 2 is 2.50 bits per heavy atom. The Morgan fingerprint density at radius 3 is 3.00 bits per heavy atom. The minimum absolute atomic E-state index is 0.234. The number of methoxy groups -OCH3 is 1. The van der Waals surface area contributed by atoms with E-state index in [2.05, 4.69) is 10.3 Å². The maximum absolute atomic E-state index is 5.53. The lowest BCUT2D eigenvalue weighted by Crippen LogP contribution is -2.39. The molecule has 2 heterocycles. The number of rotatable bonds is 5. The predicted octanol–water partition coefficient (Wildman–Crippen LogP) is 0.933. The minimum atomic E-state index is -0.234. The highest BCUT2D eigenvalue weighted by Crippen LogP contribution is 2.23. The maximum atomic E-state index is 5.53. The smallest absolute Gasteiger partial charge is 0.122 e. The van der Waals surface area contributed by atoms with Crippen LogP contribution in [0.15, 0.2) is 18.3 Å². The second kappa shape index (κ2) is 5.60. The second-order valence-corrected chi connectivity index (χ2v) is 4.78. The van der Waals surface area contributed by atoms with Crippen LogP contribution in [0.4, 0.5) is 5.69 Å². The summed E-state index contributed by atoms with van der Waals surface area (Å²) in [5, 5.41) is 3.29. The van der Waals surface area contributed by atoms with Gasteiger partial charge in [-0.3, -0.25) is 4.98 Å². The van der Waals surface area contributed by atoms with Crippen molar-refractivity contribution in [2.24, 2.45) is 5.73 Å². The molecule has 0 aliphatic carbocycles. The van der Waals surface area contributed by atoms with Crippen LogP contribution in [-0.2, 0) is 9.47 Å². The van der Waals surface area contributed by atoms with E-state index in [0.717, 1.165) is 18.7 Å². The molecular weight excluding hydrogens is 250 g/mol. The van der Waals surface area contributed by atoms with Gasteiger partial charge in [-0.1, -0.05) is 12.2 Å². The van der Waals surface area contributed by atoms with Crippen molar-refractivity contribution in [1.29, 1.82) is 0 Å². The number of aromatic nitrogens is 1. The lowest BCUT2D eigenvalue weighted by atomic mass is 10.0. The summed E-state index contributed by atoms with van der Waals surface area (Å²) in [5.41, 5.74) is 6.80. The molecule has 1 atom stereocenters. The van der Waals surface area contributed by atoms with Gasteiger partial charge < -0.3 is 20.5 Å². The van der Waals surface area contributed by atoms with Gasteiger partial charge in [-0.2, -0.15) is 0 Å². The molecule has 98 valence electrons. The molecule has 5 nitrogen and oxygen atoms in total. The molecule has 6 heteroatoms. The highest BCUT2D eigenvalue weighted by atomic mass is 32.1. The molecule has 3 N–H and O–H groups in total. The van der Waals surface area contributed by atoms with E-state index in [1.165, 1.54) is 0 Å². The monoisotopic (exact) mass is 267 g/mol. The molecule has 2 rings (SSSR count). The normalized spacial score (nSPS) is 22.9. The van der Waals surface area contributed by atoms with Crippen LogP contribution in [0.1, 0.15) is 12.1 Å². The van der Waals surface area contributed by atoms with Crippen molar-refractivity contribution in [1.82, 2.24) is 4.98 Å². The van der Waals surface area contributed by atoms with Crippen molar-refractivity contribution < 1.29 is 9.47 Å². The Balaban J connectivity index is 1.95. The Morgan fingerprint density at radius 1 is 1.67 bits per heavy atom. The van der Waals surface area contributed by atoms with Crippen molar-refractivity contribution in [3.8, 4) is 0 Å². The molecular formula is C12H17N3O2S. The van der Waals surface area contributed by atoms with Gasteiger partial charge in [0.25, 0.3) is 0 Å². The summed E-state index contributed by atoms with van der Waals surface area (Å²) in [7, 11) is 1.71. The molecule has 0 bridgehead atoms. The van der Waals surface area contributed by atoms with E-state index in [1.54, 1.807) is 19.4 Å². The van der Waals surface area contributed by atoms with Gasteiger partial charge in [0, 0.05) is 26.7 Å².